The van der Waals surface area contributed by atoms with Gasteiger partial charge in [-0.1, -0.05) is 49.9 Å². The van der Waals surface area contributed by atoms with Crippen molar-refractivity contribution in [1.82, 2.24) is 14.5 Å². The highest BCUT2D eigenvalue weighted by Gasteiger charge is 2.30. The van der Waals surface area contributed by atoms with Crippen molar-refractivity contribution in [2.75, 3.05) is 7.05 Å². The lowest BCUT2D eigenvalue weighted by Crippen LogP contribution is -2.34. The van der Waals surface area contributed by atoms with Crippen LogP contribution in [0.2, 0.25) is 5.02 Å². The van der Waals surface area contributed by atoms with Crippen LogP contribution >= 0.6 is 11.6 Å². The van der Waals surface area contributed by atoms with Crippen LogP contribution in [0.1, 0.15) is 56.2 Å². The molecule has 0 aliphatic heterocycles. The SMILES string of the molecule is CCc1[nH]c2c(=O)n(-c3cccc(C(C(=N)N(C)C=N)C4CCCCC4)c3)cc(Cl)c2c1F. The average Bonchev–Trinajstić information content (AvgIpc) is 3.19. The lowest BCUT2D eigenvalue weighted by atomic mass is 9.76. The normalized spacial score (nSPS) is 15.5. The van der Waals surface area contributed by atoms with E-state index in [-0.39, 0.29) is 27.4 Å². The molecule has 1 saturated carbocycles. The lowest BCUT2D eigenvalue weighted by Gasteiger charge is -2.33. The maximum absolute atomic E-state index is 14.7. The smallest absolute Gasteiger partial charge is 0.279 e. The second-order valence-corrected chi connectivity index (χ2v) is 9.18. The fourth-order valence-electron chi connectivity index (χ4n) is 4.98. The van der Waals surface area contributed by atoms with E-state index in [1.165, 1.54) is 22.1 Å². The Hall–Kier alpha value is -2.93. The van der Waals surface area contributed by atoms with E-state index in [0.29, 0.717) is 29.6 Å². The van der Waals surface area contributed by atoms with Gasteiger partial charge < -0.3 is 9.88 Å². The van der Waals surface area contributed by atoms with Gasteiger partial charge in [-0.05, 0) is 42.9 Å². The van der Waals surface area contributed by atoms with E-state index in [4.69, 9.17) is 22.4 Å². The summed E-state index contributed by atoms with van der Waals surface area (Å²) in [5, 5.41) is 16.7. The second-order valence-electron chi connectivity index (χ2n) is 8.77. The zero-order chi connectivity index (χ0) is 23.7. The van der Waals surface area contributed by atoms with Crippen molar-refractivity contribution in [2.45, 2.75) is 51.4 Å². The number of pyridine rings is 1. The first kappa shape index (κ1) is 23.2. The molecule has 1 aliphatic carbocycles. The van der Waals surface area contributed by atoms with Gasteiger partial charge in [0.15, 0.2) is 5.82 Å². The number of aromatic nitrogens is 2. The topological polar surface area (TPSA) is 88.7 Å². The molecule has 0 radical (unpaired) electrons. The maximum Gasteiger partial charge on any atom is 0.279 e. The Bertz CT molecular complexity index is 1260. The molecule has 3 N–H and O–H groups in total. The number of fused-ring (bicyclic) bond motifs is 1. The summed E-state index contributed by atoms with van der Waals surface area (Å²) in [4.78, 5) is 17.7. The number of nitrogens with zero attached hydrogens (tertiary/aromatic N) is 2. The van der Waals surface area contributed by atoms with Crippen molar-refractivity contribution in [3.05, 3.63) is 62.9 Å². The van der Waals surface area contributed by atoms with Gasteiger partial charge in [0.2, 0.25) is 0 Å². The summed E-state index contributed by atoms with van der Waals surface area (Å²) >= 11 is 6.41. The summed E-state index contributed by atoms with van der Waals surface area (Å²) in [5.41, 5.74) is 1.68. The standard InChI is InChI=1S/C25H29ClFN5O/c1-3-19-22(27)21-18(26)13-32(25(33)23(21)30-19)17-11-7-10-16(12-17)20(24(29)31(2)14-28)15-8-5-4-6-9-15/h7,10-15,20,28-30H,3-6,8-9H2,1-2H3. The van der Waals surface area contributed by atoms with Crippen LogP contribution in [0.15, 0.2) is 35.3 Å². The van der Waals surface area contributed by atoms with Crippen LogP contribution in [-0.2, 0) is 6.42 Å². The number of rotatable bonds is 6. The highest BCUT2D eigenvalue weighted by atomic mass is 35.5. The third kappa shape index (κ3) is 4.22. The molecule has 0 bridgehead atoms. The molecule has 2 heterocycles. The van der Waals surface area contributed by atoms with Gasteiger partial charge in [-0.2, -0.15) is 0 Å². The summed E-state index contributed by atoms with van der Waals surface area (Å²) in [6, 6.07) is 7.57. The van der Waals surface area contributed by atoms with Crippen LogP contribution in [0.5, 0.6) is 0 Å². The first-order valence-corrected chi connectivity index (χ1v) is 11.8. The molecule has 33 heavy (non-hydrogen) atoms. The molecule has 6 nitrogen and oxygen atoms in total. The Labute approximate surface area is 197 Å². The van der Waals surface area contributed by atoms with Gasteiger partial charge >= 0.3 is 0 Å². The van der Waals surface area contributed by atoms with E-state index in [0.717, 1.165) is 37.6 Å². The monoisotopic (exact) mass is 469 g/mol. The van der Waals surface area contributed by atoms with Crippen LogP contribution in [-0.4, -0.2) is 33.7 Å². The Morgan fingerprint density at radius 1 is 1.36 bits per heavy atom. The average molecular weight is 470 g/mol. The quantitative estimate of drug-likeness (QED) is 0.312. The van der Waals surface area contributed by atoms with Crippen LogP contribution in [0.25, 0.3) is 16.6 Å². The molecule has 3 aromatic rings. The van der Waals surface area contributed by atoms with Crippen LogP contribution in [0.3, 0.4) is 0 Å². The first-order valence-electron chi connectivity index (χ1n) is 11.4. The van der Waals surface area contributed by atoms with E-state index in [2.05, 4.69) is 4.98 Å². The fraction of sp³-hybridized carbons (Fsp3) is 0.400. The summed E-state index contributed by atoms with van der Waals surface area (Å²) in [5.74, 6) is 0.0163. The highest BCUT2D eigenvalue weighted by molar-refractivity contribution is 6.35. The Morgan fingerprint density at radius 2 is 2.09 bits per heavy atom. The molecule has 0 saturated heterocycles. The van der Waals surface area contributed by atoms with Crippen LogP contribution in [0.4, 0.5) is 4.39 Å². The summed E-state index contributed by atoms with van der Waals surface area (Å²) < 4.78 is 16.1. The predicted molar refractivity (Wildman–Crippen MR) is 132 cm³/mol. The van der Waals surface area contributed by atoms with E-state index < -0.39 is 5.82 Å². The van der Waals surface area contributed by atoms with Gasteiger partial charge in [-0.15, -0.1) is 0 Å². The zero-order valence-corrected chi connectivity index (χ0v) is 19.7. The molecule has 2 aromatic heterocycles. The molecule has 1 aliphatic rings. The van der Waals surface area contributed by atoms with E-state index in [1.807, 2.05) is 31.2 Å². The minimum Gasteiger partial charge on any atom is -0.351 e. The van der Waals surface area contributed by atoms with Crippen LogP contribution < -0.4 is 5.56 Å². The number of halogens is 2. The summed E-state index contributed by atoms with van der Waals surface area (Å²) in [6.07, 6.45) is 8.58. The fourth-order valence-corrected chi connectivity index (χ4v) is 5.26. The summed E-state index contributed by atoms with van der Waals surface area (Å²) in [7, 11) is 1.72. The van der Waals surface area contributed by atoms with E-state index >= 15 is 0 Å². The molecular formula is C25H29ClFN5O. The zero-order valence-electron chi connectivity index (χ0n) is 18.9. The second kappa shape index (κ2) is 9.51. The Balaban J connectivity index is 1.83. The number of hydrogen-bond acceptors (Lipinski definition) is 3. The van der Waals surface area contributed by atoms with Gasteiger partial charge in [-0.3, -0.25) is 20.2 Å². The number of likely N-dealkylation sites (N-methyl/N-ethyl adjacent to an activating group) is 1. The lowest BCUT2D eigenvalue weighted by molar-refractivity contribution is 0.334. The van der Waals surface area contributed by atoms with Crippen LogP contribution in [0, 0.1) is 22.6 Å². The Morgan fingerprint density at radius 3 is 2.76 bits per heavy atom. The van der Waals surface area contributed by atoms with Crippen molar-refractivity contribution in [3.63, 3.8) is 0 Å². The number of hydrogen-bond donors (Lipinski definition) is 3. The first-order chi connectivity index (χ1) is 15.9. The summed E-state index contributed by atoms with van der Waals surface area (Å²) in [6.45, 7) is 1.81. The van der Waals surface area contributed by atoms with Gasteiger partial charge in [0, 0.05) is 24.8 Å². The number of aromatic amines is 1. The maximum atomic E-state index is 14.7. The number of H-pyrrole nitrogens is 1. The molecule has 8 heteroatoms. The van der Waals surface area contributed by atoms with Gasteiger partial charge in [0.25, 0.3) is 5.56 Å². The molecule has 1 aromatic carbocycles. The molecule has 4 rings (SSSR count). The van der Waals surface area contributed by atoms with E-state index in [1.54, 1.807) is 7.05 Å². The molecule has 174 valence electrons. The van der Waals surface area contributed by atoms with Gasteiger partial charge in [-0.25, -0.2) is 4.39 Å². The van der Waals surface area contributed by atoms with Gasteiger partial charge in [0.1, 0.15) is 11.4 Å². The van der Waals surface area contributed by atoms with Crippen molar-refractivity contribution >= 4 is 34.7 Å². The van der Waals surface area contributed by atoms with Crippen molar-refractivity contribution < 1.29 is 4.39 Å². The third-order valence-corrected chi connectivity index (χ3v) is 7.06. The van der Waals surface area contributed by atoms with Crippen molar-refractivity contribution in [2.24, 2.45) is 5.92 Å². The molecular weight excluding hydrogens is 441 g/mol. The molecule has 0 amide bonds. The molecule has 1 unspecified atom stereocenters. The van der Waals surface area contributed by atoms with E-state index in [9.17, 15) is 9.18 Å². The number of aryl methyl sites for hydroxylation is 1. The molecule has 1 atom stereocenters. The highest BCUT2D eigenvalue weighted by Crippen LogP contribution is 2.38. The third-order valence-electron chi connectivity index (χ3n) is 6.77. The minimum atomic E-state index is -0.476. The molecule has 1 fully saturated rings. The van der Waals surface area contributed by atoms with Crippen molar-refractivity contribution in [1.29, 1.82) is 10.8 Å². The minimum absolute atomic E-state index is 0.125. The van der Waals surface area contributed by atoms with Gasteiger partial charge in [0.05, 0.1) is 22.4 Å². The number of amidine groups is 1. The molecule has 0 spiro atoms. The number of nitrogens with one attached hydrogen (secondary N) is 3. The number of benzene rings is 1. The Kier molecular flexibility index (Phi) is 6.70. The predicted octanol–water partition coefficient (Wildman–Crippen LogP) is 5.85. The largest absolute Gasteiger partial charge is 0.351 e. The van der Waals surface area contributed by atoms with Crippen molar-refractivity contribution in [3.8, 4) is 5.69 Å².